The molecule has 0 spiro atoms. The third kappa shape index (κ3) is 4.73. The monoisotopic (exact) mass is 525 g/mol. The summed E-state index contributed by atoms with van der Waals surface area (Å²) >= 11 is 6.66. The first-order valence-electron chi connectivity index (χ1n) is 13.0. The maximum atomic E-state index is 13.3. The van der Waals surface area contributed by atoms with Crippen LogP contribution in [0.5, 0.6) is 0 Å². The topological polar surface area (TPSA) is 99.7 Å². The molecule has 37 heavy (non-hydrogen) atoms. The summed E-state index contributed by atoms with van der Waals surface area (Å²) in [7, 11) is 2.12. The van der Waals surface area contributed by atoms with E-state index in [1.165, 1.54) is 17.1 Å². The Morgan fingerprint density at radius 1 is 1.14 bits per heavy atom. The number of amides is 1. The molecule has 196 valence electrons. The molecule has 1 N–H and O–H groups in total. The number of fused-ring (bicyclic) bond motifs is 1. The SMILES string of the molecule is CN1CCN(c2ccc(-n3ncc4c(=O)n(CC5(O)CCN(C(=O)C6CC6)CC5)cnc43)cc2Cl)CC1. The van der Waals surface area contributed by atoms with Gasteiger partial charge in [-0.05, 0) is 50.9 Å². The number of carbonyl (C=O) groups is 1. The second-order valence-electron chi connectivity index (χ2n) is 10.7. The molecule has 3 aliphatic rings. The van der Waals surface area contributed by atoms with E-state index in [1.807, 2.05) is 23.1 Å². The van der Waals surface area contributed by atoms with Crippen molar-refractivity contribution in [2.75, 3.05) is 51.2 Å². The molecule has 10 nitrogen and oxygen atoms in total. The summed E-state index contributed by atoms with van der Waals surface area (Å²) in [6, 6.07) is 5.79. The Kier molecular flexibility index (Phi) is 6.21. The van der Waals surface area contributed by atoms with E-state index >= 15 is 0 Å². The maximum absolute atomic E-state index is 13.3. The second-order valence-corrected chi connectivity index (χ2v) is 11.1. The van der Waals surface area contributed by atoms with Crippen LogP contribution in [-0.2, 0) is 11.3 Å². The molecule has 2 aliphatic heterocycles. The molecule has 11 heteroatoms. The maximum Gasteiger partial charge on any atom is 0.264 e. The van der Waals surface area contributed by atoms with Crippen molar-refractivity contribution in [1.82, 2.24) is 29.1 Å². The number of halogens is 1. The number of aliphatic hydroxyl groups is 1. The number of rotatable bonds is 5. The minimum Gasteiger partial charge on any atom is -0.388 e. The number of aromatic nitrogens is 4. The first-order valence-corrected chi connectivity index (χ1v) is 13.4. The minimum absolute atomic E-state index is 0.136. The van der Waals surface area contributed by atoms with E-state index in [-0.39, 0.29) is 23.9 Å². The van der Waals surface area contributed by atoms with E-state index in [9.17, 15) is 14.7 Å². The molecular formula is C26H32ClN7O3. The summed E-state index contributed by atoms with van der Waals surface area (Å²) < 4.78 is 3.08. The van der Waals surface area contributed by atoms with Crippen molar-refractivity contribution in [3.05, 3.63) is 46.1 Å². The number of benzene rings is 1. The van der Waals surface area contributed by atoms with E-state index < -0.39 is 5.60 Å². The molecule has 3 fully saturated rings. The van der Waals surface area contributed by atoms with Crippen LogP contribution in [0, 0.1) is 5.92 Å². The molecule has 1 saturated carbocycles. The van der Waals surface area contributed by atoms with Gasteiger partial charge in [0.1, 0.15) is 11.7 Å². The van der Waals surface area contributed by atoms with Crippen LogP contribution >= 0.6 is 11.6 Å². The van der Waals surface area contributed by atoms with Gasteiger partial charge in [0.15, 0.2) is 5.65 Å². The third-order valence-corrected chi connectivity index (χ3v) is 8.27. The van der Waals surface area contributed by atoms with Crippen LogP contribution < -0.4 is 10.5 Å². The predicted octanol–water partition coefficient (Wildman–Crippen LogP) is 1.75. The number of nitrogens with zero attached hydrogens (tertiary/aromatic N) is 7. The molecule has 6 rings (SSSR count). The van der Waals surface area contributed by atoms with Gasteiger partial charge in [0.05, 0.1) is 34.7 Å². The largest absolute Gasteiger partial charge is 0.388 e. The average molecular weight is 526 g/mol. The number of hydrogen-bond donors (Lipinski definition) is 1. The van der Waals surface area contributed by atoms with Gasteiger partial charge in [0.25, 0.3) is 5.56 Å². The van der Waals surface area contributed by atoms with E-state index in [2.05, 4.69) is 26.9 Å². The van der Waals surface area contributed by atoms with Gasteiger partial charge in [-0.3, -0.25) is 14.2 Å². The normalized spacial score (nSPS) is 20.5. The quantitative estimate of drug-likeness (QED) is 0.541. The van der Waals surface area contributed by atoms with Crippen molar-refractivity contribution in [1.29, 1.82) is 0 Å². The zero-order valence-corrected chi connectivity index (χ0v) is 21.8. The Bertz CT molecular complexity index is 1380. The summed E-state index contributed by atoms with van der Waals surface area (Å²) in [6.45, 7) is 4.98. The fourth-order valence-electron chi connectivity index (χ4n) is 5.39. The number of hydrogen-bond acceptors (Lipinski definition) is 7. The van der Waals surface area contributed by atoms with Gasteiger partial charge in [0, 0.05) is 45.2 Å². The lowest BCUT2D eigenvalue weighted by Gasteiger charge is -2.38. The standard InChI is InChI=1S/C26H32ClN7O3/c1-30-10-12-31(13-11-30)22-5-4-19(14-21(22)27)34-23-20(15-29-34)25(36)33(17-28-23)16-26(37)6-8-32(9-7-26)24(35)18-2-3-18/h4-5,14-15,17-18,37H,2-3,6-13,16H2,1H3. The van der Waals surface area contributed by atoms with Crippen LogP contribution in [0.4, 0.5) is 5.69 Å². The molecule has 3 aromatic rings. The molecule has 2 saturated heterocycles. The van der Waals surface area contributed by atoms with Crippen molar-refractivity contribution >= 4 is 34.2 Å². The predicted molar refractivity (Wildman–Crippen MR) is 141 cm³/mol. The Morgan fingerprint density at radius 3 is 2.54 bits per heavy atom. The lowest BCUT2D eigenvalue weighted by atomic mass is 9.91. The number of likely N-dealkylation sites (tertiary alicyclic amines) is 1. The van der Waals surface area contributed by atoms with Crippen LogP contribution in [-0.4, -0.2) is 92.1 Å². The van der Waals surface area contributed by atoms with Crippen molar-refractivity contribution < 1.29 is 9.90 Å². The molecule has 0 bridgehead atoms. The van der Waals surface area contributed by atoms with Crippen molar-refractivity contribution in [3.63, 3.8) is 0 Å². The van der Waals surface area contributed by atoms with Gasteiger partial charge in [-0.15, -0.1) is 0 Å². The highest BCUT2D eigenvalue weighted by Gasteiger charge is 2.39. The van der Waals surface area contributed by atoms with E-state index in [0.717, 1.165) is 50.4 Å². The average Bonchev–Trinajstić information content (AvgIpc) is 3.65. The smallest absolute Gasteiger partial charge is 0.264 e. The van der Waals surface area contributed by atoms with E-state index in [0.29, 0.717) is 42.0 Å². The Morgan fingerprint density at radius 2 is 1.86 bits per heavy atom. The summed E-state index contributed by atoms with van der Waals surface area (Å²) in [5.74, 6) is 0.376. The zero-order valence-electron chi connectivity index (χ0n) is 21.0. The van der Waals surface area contributed by atoms with Gasteiger partial charge >= 0.3 is 0 Å². The Hall–Kier alpha value is -2.95. The zero-order chi connectivity index (χ0) is 25.7. The van der Waals surface area contributed by atoms with Gasteiger partial charge in [0.2, 0.25) is 5.91 Å². The van der Waals surface area contributed by atoms with Crippen LogP contribution in [0.3, 0.4) is 0 Å². The Labute approximate surface area is 220 Å². The fourth-order valence-corrected chi connectivity index (χ4v) is 5.68. The first-order chi connectivity index (χ1) is 17.8. The molecule has 2 aromatic heterocycles. The lowest BCUT2D eigenvalue weighted by molar-refractivity contribution is -0.137. The number of piperidine rings is 1. The van der Waals surface area contributed by atoms with Crippen LogP contribution in [0.1, 0.15) is 25.7 Å². The molecule has 0 atom stereocenters. The number of anilines is 1. The molecule has 1 aromatic carbocycles. The van der Waals surface area contributed by atoms with Crippen LogP contribution in [0.25, 0.3) is 16.7 Å². The van der Waals surface area contributed by atoms with E-state index in [1.54, 1.807) is 4.68 Å². The minimum atomic E-state index is -1.05. The fraction of sp³-hybridized carbons (Fsp3) is 0.538. The lowest BCUT2D eigenvalue weighted by Crippen LogP contribution is -2.50. The molecule has 0 radical (unpaired) electrons. The van der Waals surface area contributed by atoms with Crippen molar-refractivity contribution in [2.45, 2.75) is 37.8 Å². The van der Waals surface area contributed by atoms with Crippen molar-refractivity contribution in [3.8, 4) is 5.69 Å². The van der Waals surface area contributed by atoms with Gasteiger partial charge in [-0.2, -0.15) is 5.10 Å². The summed E-state index contributed by atoms with van der Waals surface area (Å²) in [5, 5.41) is 16.6. The molecule has 1 aliphatic carbocycles. The highest BCUT2D eigenvalue weighted by atomic mass is 35.5. The summed E-state index contributed by atoms with van der Waals surface area (Å²) in [6.07, 6.45) is 5.82. The van der Waals surface area contributed by atoms with Gasteiger partial charge in [-0.25, -0.2) is 9.67 Å². The molecular weight excluding hydrogens is 494 g/mol. The number of likely N-dealkylation sites (N-methyl/N-ethyl adjacent to an activating group) is 1. The second kappa shape index (κ2) is 9.41. The van der Waals surface area contributed by atoms with E-state index in [4.69, 9.17) is 11.6 Å². The van der Waals surface area contributed by atoms with Crippen LogP contribution in [0.15, 0.2) is 35.5 Å². The highest BCUT2D eigenvalue weighted by Crippen LogP contribution is 2.34. The first kappa shape index (κ1) is 24.4. The van der Waals surface area contributed by atoms with Gasteiger partial charge in [-0.1, -0.05) is 11.6 Å². The number of carbonyl (C=O) groups excluding carboxylic acids is 1. The summed E-state index contributed by atoms with van der Waals surface area (Å²) in [4.78, 5) is 36.6. The van der Waals surface area contributed by atoms with Gasteiger partial charge < -0.3 is 19.8 Å². The highest BCUT2D eigenvalue weighted by molar-refractivity contribution is 6.33. The third-order valence-electron chi connectivity index (χ3n) is 7.97. The Balaban J connectivity index is 1.20. The molecule has 0 unspecified atom stereocenters. The van der Waals surface area contributed by atoms with Crippen LogP contribution in [0.2, 0.25) is 5.02 Å². The van der Waals surface area contributed by atoms with Crippen molar-refractivity contribution in [2.24, 2.45) is 5.92 Å². The summed E-state index contributed by atoms with van der Waals surface area (Å²) in [5.41, 5.74) is 0.863. The molecule has 4 heterocycles. The number of piperazine rings is 1. The molecule has 1 amide bonds.